The van der Waals surface area contributed by atoms with E-state index in [1.54, 1.807) is 0 Å². The first-order chi connectivity index (χ1) is 16.9. The van der Waals surface area contributed by atoms with Crippen molar-refractivity contribution in [3.05, 3.63) is 59.7 Å². The van der Waals surface area contributed by atoms with Crippen LogP contribution in [-0.2, 0) is 14.3 Å². The summed E-state index contributed by atoms with van der Waals surface area (Å²) in [7, 11) is 0. The first-order valence-electron chi connectivity index (χ1n) is 12.6. The number of carbonyl (C=O) groups is 3. The van der Waals surface area contributed by atoms with E-state index in [9.17, 15) is 14.4 Å². The number of rotatable bonds is 9. The third-order valence-corrected chi connectivity index (χ3v) is 7.18. The Hall–Kier alpha value is -3.35. The normalized spacial score (nSPS) is 19.8. The van der Waals surface area contributed by atoms with Crippen LogP contribution in [0.5, 0.6) is 0 Å². The van der Waals surface area contributed by atoms with E-state index in [-0.39, 0.29) is 42.9 Å². The summed E-state index contributed by atoms with van der Waals surface area (Å²) >= 11 is 0. The van der Waals surface area contributed by atoms with E-state index in [1.807, 2.05) is 31.2 Å². The maximum Gasteiger partial charge on any atom is 0.407 e. The molecule has 0 bridgehead atoms. The predicted molar refractivity (Wildman–Crippen MR) is 133 cm³/mol. The summed E-state index contributed by atoms with van der Waals surface area (Å²) in [5.41, 5.74) is 4.77. The second kappa shape index (κ2) is 11.4. The number of nitrogens with one attached hydrogen (secondary N) is 2. The molecule has 0 heterocycles. The van der Waals surface area contributed by atoms with Gasteiger partial charge in [-0.3, -0.25) is 9.59 Å². The van der Waals surface area contributed by atoms with Gasteiger partial charge >= 0.3 is 12.1 Å². The molecule has 0 spiro atoms. The average Bonchev–Trinajstić information content (AvgIpc) is 3.16. The zero-order chi connectivity index (χ0) is 24.8. The highest BCUT2D eigenvalue weighted by molar-refractivity contribution is 5.80. The van der Waals surface area contributed by atoms with Crippen molar-refractivity contribution in [2.24, 2.45) is 5.92 Å². The van der Waals surface area contributed by atoms with Crippen molar-refractivity contribution in [2.75, 3.05) is 6.61 Å². The quantitative estimate of drug-likeness (QED) is 0.478. The molecular weight excluding hydrogens is 444 g/mol. The second-order valence-corrected chi connectivity index (χ2v) is 9.71. The van der Waals surface area contributed by atoms with Gasteiger partial charge in [0.05, 0.1) is 0 Å². The number of aliphatic carboxylic acids is 1. The second-order valence-electron chi connectivity index (χ2n) is 9.71. The maximum absolute atomic E-state index is 12.5. The lowest BCUT2D eigenvalue weighted by atomic mass is 9.85. The van der Waals surface area contributed by atoms with Crippen molar-refractivity contribution in [1.29, 1.82) is 0 Å². The molecule has 4 rings (SSSR count). The van der Waals surface area contributed by atoms with Crippen molar-refractivity contribution in [2.45, 2.75) is 69.9 Å². The highest BCUT2D eigenvalue weighted by Gasteiger charge is 2.30. The minimum absolute atomic E-state index is 0.00249. The van der Waals surface area contributed by atoms with Crippen molar-refractivity contribution >= 4 is 18.0 Å². The fraction of sp³-hybridized carbons (Fsp3) is 0.464. The Balaban J connectivity index is 1.20. The molecule has 0 aliphatic heterocycles. The van der Waals surface area contributed by atoms with Crippen LogP contribution in [0.2, 0.25) is 0 Å². The number of carboxylic acids is 1. The van der Waals surface area contributed by atoms with E-state index in [0.29, 0.717) is 25.7 Å². The van der Waals surface area contributed by atoms with E-state index < -0.39 is 12.1 Å². The molecule has 2 amide bonds. The summed E-state index contributed by atoms with van der Waals surface area (Å²) in [4.78, 5) is 35.7. The Morgan fingerprint density at radius 1 is 0.971 bits per heavy atom. The molecule has 7 heteroatoms. The Morgan fingerprint density at radius 3 is 2.17 bits per heavy atom. The molecule has 1 atom stereocenters. The van der Waals surface area contributed by atoms with Gasteiger partial charge in [0.1, 0.15) is 6.61 Å². The number of benzene rings is 2. The molecule has 35 heavy (non-hydrogen) atoms. The molecule has 1 unspecified atom stereocenters. The topological polar surface area (TPSA) is 105 Å². The fourth-order valence-corrected chi connectivity index (χ4v) is 5.30. The van der Waals surface area contributed by atoms with E-state index in [4.69, 9.17) is 9.84 Å². The highest BCUT2D eigenvalue weighted by Crippen LogP contribution is 2.44. The number of alkyl carbamates (subject to hydrolysis) is 1. The Bertz CT molecular complexity index is 1020. The molecule has 7 nitrogen and oxygen atoms in total. The molecule has 2 aliphatic carbocycles. The number of carbonyl (C=O) groups excluding carboxylic acids is 2. The summed E-state index contributed by atoms with van der Waals surface area (Å²) in [5.74, 6) is -0.833. The summed E-state index contributed by atoms with van der Waals surface area (Å²) in [6, 6.07) is 16.5. The van der Waals surface area contributed by atoms with Gasteiger partial charge in [0.25, 0.3) is 0 Å². The number of fused-ring (bicyclic) bond motifs is 3. The SMILES string of the molecule is CC(CCCC(=O)O)NC(=O)C1CCC(NC(=O)OCC2c3ccccc3-c3ccccc32)CC1. The van der Waals surface area contributed by atoms with Crippen LogP contribution in [0.4, 0.5) is 4.79 Å². The van der Waals surface area contributed by atoms with E-state index in [2.05, 4.69) is 34.9 Å². The first-order valence-corrected chi connectivity index (χ1v) is 12.6. The summed E-state index contributed by atoms with van der Waals surface area (Å²) in [5, 5.41) is 14.7. The average molecular weight is 479 g/mol. The van der Waals surface area contributed by atoms with Crippen LogP contribution in [0.3, 0.4) is 0 Å². The van der Waals surface area contributed by atoms with Crippen LogP contribution in [0, 0.1) is 5.92 Å². The van der Waals surface area contributed by atoms with Gasteiger partial charge in [-0.15, -0.1) is 0 Å². The number of amides is 2. The van der Waals surface area contributed by atoms with Crippen LogP contribution in [0.15, 0.2) is 48.5 Å². The number of hydrogen-bond donors (Lipinski definition) is 3. The third kappa shape index (κ3) is 6.21. The zero-order valence-corrected chi connectivity index (χ0v) is 20.2. The Labute approximate surface area is 206 Å². The minimum atomic E-state index is -0.814. The lowest BCUT2D eigenvalue weighted by molar-refractivity contribution is -0.137. The number of hydrogen-bond acceptors (Lipinski definition) is 4. The molecule has 1 fully saturated rings. The lowest BCUT2D eigenvalue weighted by Crippen LogP contribution is -2.43. The predicted octanol–water partition coefficient (Wildman–Crippen LogP) is 4.84. The van der Waals surface area contributed by atoms with E-state index in [0.717, 1.165) is 12.8 Å². The summed E-state index contributed by atoms with van der Waals surface area (Å²) in [6.07, 6.45) is 3.79. The maximum atomic E-state index is 12.5. The van der Waals surface area contributed by atoms with Gasteiger partial charge in [-0.1, -0.05) is 48.5 Å². The molecule has 2 aliphatic rings. The van der Waals surface area contributed by atoms with Crippen LogP contribution in [-0.4, -0.2) is 41.8 Å². The number of carboxylic acid groups (broad SMARTS) is 1. The van der Waals surface area contributed by atoms with Gasteiger partial charge in [-0.05, 0) is 67.7 Å². The van der Waals surface area contributed by atoms with Gasteiger partial charge < -0.3 is 20.5 Å². The third-order valence-electron chi connectivity index (χ3n) is 7.18. The van der Waals surface area contributed by atoms with Crippen molar-refractivity contribution < 1.29 is 24.2 Å². The van der Waals surface area contributed by atoms with Gasteiger partial charge in [0.2, 0.25) is 5.91 Å². The standard InChI is InChI=1S/C28H34N2O5/c1-18(7-6-12-26(31)32)29-27(33)19-13-15-20(16-14-19)30-28(34)35-17-25-23-10-4-2-8-21(23)22-9-3-5-11-24(22)25/h2-5,8-11,18-20,25H,6-7,12-17H2,1H3,(H,29,33)(H,30,34)(H,31,32). The van der Waals surface area contributed by atoms with Gasteiger partial charge in [0, 0.05) is 30.3 Å². The number of ether oxygens (including phenoxy) is 1. The minimum Gasteiger partial charge on any atom is -0.481 e. The van der Waals surface area contributed by atoms with E-state index in [1.165, 1.54) is 22.3 Å². The summed E-state index contributed by atoms with van der Waals surface area (Å²) < 4.78 is 5.65. The Kier molecular flexibility index (Phi) is 8.06. The Morgan fingerprint density at radius 2 is 1.57 bits per heavy atom. The lowest BCUT2D eigenvalue weighted by Gasteiger charge is -2.29. The highest BCUT2D eigenvalue weighted by atomic mass is 16.5. The molecule has 0 radical (unpaired) electrons. The van der Waals surface area contributed by atoms with Crippen LogP contribution < -0.4 is 10.6 Å². The molecule has 186 valence electrons. The van der Waals surface area contributed by atoms with Gasteiger partial charge in [-0.25, -0.2) is 4.79 Å². The van der Waals surface area contributed by atoms with Gasteiger partial charge in [0.15, 0.2) is 0 Å². The zero-order valence-electron chi connectivity index (χ0n) is 20.2. The van der Waals surface area contributed by atoms with Crippen molar-refractivity contribution in [3.8, 4) is 11.1 Å². The van der Waals surface area contributed by atoms with Crippen LogP contribution >= 0.6 is 0 Å². The van der Waals surface area contributed by atoms with Crippen molar-refractivity contribution in [3.63, 3.8) is 0 Å². The fourth-order valence-electron chi connectivity index (χ4n) is 5.30. The largest absolute Gasteiger partial charge is 0.481 e. The summed E-state index contributed by atoms with van der Waals surface area (Å²) in [6.45, 7) is 2.20. The molecule has 0 saturated heterocycles. The first kappa shape index (κ1) is 24.8. The van der Waals surface area contributed by atoms with Crippen LogP contribution in [0.25, 0.3) is 11.1 Å². The monoisotopic (exact) mass is 478 g/mol. The van der Waals surface area contributed by atoms with Crippen LogP contribution in [0.1, 0.15) is 68.9 Å². The smallest absolute Gasteiger partial charge is 0.407 e. The van der Waals surface area contributed by atoms with Crippen molar-refractivity contribution in [1.82, 2.24) is 10.6 Å². The molecule has 2 aromatic carbocycles. The molecule has 2 aromatic rings. The van der Waals surface area contributed by atoms with Gasteiger partial charge in [-0.2, -0.15) is 0 Å². The molecular formula is C28H34N2O5. The molecule has 1 saturated carbocycles. The molecule has 0 aromatic heterocycles. The van der Waals surface area contributed by atoms with E-state index >= 15 is 0 Å². The molecule has 3 N–H and O–H groups in total.